The number of carboxylic acid groups (broad SMARTS) is 2. The maximum Gasteiger partial charge on any atom is 0.326 e. The van der Waals surface area contributed by atoms with E-state index < -0.39 is 60.2 Å². The largest absolute Gasteiger partial charge is 0.508 e. The predicted molar refractivity (Wildman–Crippen MR) is 134 cm³/mol. The van der Waals surface area contributed by atoms with Crippen LogP contribution in [0.25, 0.3) is 0 Å². The lowest BCUT2D eigenvalue weighted by Crippen LogP contribution is -2.59. The summed E-state index contributed by atoms with van der Waals surface area (Å²) >= 11 is 0. The Bertz CT molecular complexity index is 951. The fourth-order valence-electron chi connectivity index (χ4n) is 3.55. The smallest absolute Gasteiger partial charge is 0.326 e. The monoisotopic (exact) mass is 522 g/mol. The SMILES string of the molecule is CCC(C)C(NC(=O)C(Cc1ccc(O)cc1)NC(=O)C(N)CC(=O)O)C(=O)NC(CC(C)C)C(=O)O. The van der Waals surface area contributed by atoms with Gasteiger partial charge in [0.15, 0.2) is 0 Å². The highest BCUT2D eigenvalue weighted by Crippen LogP contribution is 2.14. The molecule has 0 spiro atoms. The van der Waals surface area contributed by atoms with Crippen LogP contribution in [0.15, 0.2) is 24.3 Å². The van der Waals surface area contributed by atoms with Gasteiger partial charge < -0.3 is 37.0 Å². The van der Waals surface area contributed by atoms with Gasteiger partial charge in [0.1, 0.15) is 23.9 Å². The molecule has 3 amide bonds. The molecule has 0 saturated heterocycles. The molecular formula is C25H38N4O8. The van der Waals surface area contributed by atoms with Crippen LogP contribution in [0.5, 0.6) is 5.75 Å². The number of nitrogens with two attached hydrogens (primary N) is 1. The Morgan fingerprint density at radius 3 is 1.92 bits per heavy atom. The number of benzene rings is 1. The second-order valence-electron chi connectivity index (χ2n) is 9.54. The molecule has 37 heavy (non-hydrogen) atoms. The molecule has 206 valence electrons. The zero-order valence-corrected chi connectivity index (χ0v) is 21.6. The van der Waals surface area contributed by atoms with Crippen molar-refractivity contribution < 1.29 is 39.3 Å². The first-order valence-electron chi connectivity index (χ1n) is 12.1. The lowest BCUT2D eigenvalue weighted by molar-refractivity contribution is -0.143. The van der Waals surface area contributed by atoms with Gasteiger partial charge in [-0.1, -0.05) is 46.2 Å². The highest BCUT2D eigenvalue weighted by atomic mass is 16.4. The van der Waals surface area contributed by atoms with Crippen molar-refractivity contribution in [3.05, 3.63) is 29.8 Å². The summed E-state index contributed by atoms with van der Waals surface area (Å²) in [6.07, 6.45) is -0.0106. The van der Waals surface area contributed by atoms with Crippen molar-refractivity contribution >= 4 is 29.7 Å². The lowest BCUT2D eigenvalue weighted by Gasteiger charge is -2.28. The fraction of sp³-hybridized carbons (Fsp3) is 0.560. The van der Waals surface area contributed by atoms with E-state index in [1.165, 1.54) is 12.1 Å². The van der Waals surface area contributed by atoms with E-state index in [1.54, 1.807) is 26.0 Å². The van der Waals surface area contributed by atoms with Crippen molar-refractivity contribution in [3.63, 3.8) is 0 Å². The van der Waals surface area contributed by atoms with Crippen molar-refractivity contribution in [2.75, 3.05) is 0 Å². The molecule has 0 aromatic heterocycles. The normalized spacial score (nSPS) is 15.1. The van der Waals surface area contributed by atoms with Gasteiger partial charge >= 0.3 is 11.9 Å². The van der Waals surface area contributed by atoms with Crippen LogP contribution < -0.4 is 21.7 Å². The molecule has 1 rings (SSSR count). The topological polar surface area (TPSA) is 208 Å². The van der Waals surface area contributed by atoms with Gasteiger partial charge in [-0.2, -0.15) is 0 Å². The first-order chi connectivity index (χ1) is 17.2. The number of carbonyl (C=O) groups is 5. The molecule has 12 nitrogen and oxygen atoms in total. The van der Waals surface area contributed by atoms with E-state index in [2.05, 4.69) is 16.0 Å². The number of phenolic OH excluding ortho intramolecular Hbond substituents is 1. The van der Waals surface area contributed by atoms with E-state index in [0.29, 0.717) is 12.0 Å². The van der Waals surface area contributed by atoms with Crippen LogP contribution >= 0.6 is 0 Å². The lowest BCUT2D eigenvalue weighted by atomic mass is 9.96. The fourth-order valence-corrected chi connectivity index (χ4v) is 3.55. The molecule has 0 saturated carbocycles. The quantitative estimate of drug-likeness (QED) is 0.169. The maximum atomic E-state index is 13.3. The standard InChI is InChI=1S/C25H38N4O8/c1-5-14(4)21(24(35)28-19(25(36)37)10-13(2)3)29-23(34)18(11-15-6-8-16(30)9-7-15)27-22(33)17(26)12-20(31)32/h6-9,13-14,17-19,21,30H,5,10-12,26H2,1-4H3,(H,27,33)(H,28,35)(H,29,34)(H,31,32)(H,36,37). The second kappa shape index (κ2) is 14.8. The Balaban J connectivity index is 3.17. The first kappa shape index (κ1) is 31.4. The summed E-state index contributed by atoms with van der Waals surface area (Å²) in [5, 5.41) is 35.5. The summed E-state index contributed by atoms with van der Waals surface area (Å²) in [7, 11) is 0. The minimum Gasteiger partial charge on any atom is -0.508 e. The Hall–Kier alpha value is -3.67. The number of hydrogen-bond donors (Lipinski definition) is 7. The summed E-state index contributed by atoms with van der Waals surface area (Å²) in [6, 6.07) is 1.01. The van der Waals surface area contributed by atoms with Gasteiger partial charge in [-0.3, -0.25) is 19.2 Å². The zero-order valence-electron chi connectivity index (χ0n) is 21.6. The molecule has 5 unspecified atom stereocenters. The van der Waals surface area contributed by atoms with E-state index >= 15 is 0 Å². The van der Waals surface area contributed by atoms with Gasteiger partial charge in [0.2, 0.25) is 17.7 Å². The van der Waals surface area contributed by atoms with E-state index in [0.717, 1.165) is 0 Å². The number of amides is 3. The zero-order chi connectivity index (χ0) is 28.3. The summed E-state index contributed by atoms with van der Waals surface area (Å²) in [6.45, 7) is 7.17. The van der Waals surface area contributed by atoms with Gasteiger partial charge in [0.05, 0.1) is 12.5 Å². The van der Waals surface area contributed by atoms with E-state index in [-0.39, 0.29) is 30.4 Å². The van der Waals surface area contributed by atoms with Crippen LogP contribution in [0.4, 0.5) is 0 Å². The van der Waals surface area contributed by atoms with Crippen LogP contribution in [0.3, 0.4) is 0 Å². The number of carboxylic acids is 2. The molecule has 5 atom stereocenters. The van der Waals surface area contributed by atoms with Gasteiger partial charge in [-0.15, -0.1) is 0 Å². The van der Waals surface area contributed by atoms with Crippen LogP contribution in [0, 0.1) is 11.8 Å². The first-order valence-corrected chi connectivity index (χ1v) is 12.1. The van der Waals surface area contributed by atoms with Crippen molar-refractivity contribution in [3.8, 4) is 5.75 Å². The number of rotatable bonds is 15. The van der Waals surface area contributed by atoms with Gasteiger partial charge in [-0.25, -0.2) is 4.79 Å². The average Bonchev–Trinajstić information content (AvgIpc) is 2.81. The van der Waals surface area contributed by atoms with Crippen molar-refractivity contribution in [2.24, 2.45) is 17.6 Å². The molecule has 0 heterocycles. The number of hydrogen-bond acceptors (Lipinski definition) is 7. The van der Waals surface area contributed by atoms with Crippen LogP contribution in [0.1, 0.15) is 52.5 Å². The van der Waals surface area contributed by atoms with E-state index in [4.69, 9.17) is 10.8 Å². The highest BCUT2D eigenvalue weighted by molar-refractivity contribution is 5.95. The molecule has 0 radical (unpaired) electrons. The van der Waals surface area contributed by atoms with Gasteiger partial charge in [0, 0.05) is 6.42 Å². The van der Waals surface area contributed by atoms with Gasteiger partial charge in [-0.05, 0) is 36.0 Å². The van der Waals surface area contributed by atoms with E-state index in [1.807, 2.05) is 13.8 Å². The van der Waals surface area contributed by atoms with Crippen LogP contribution in [-0.2, 0) is 30.4 Å². The minimum atomic E-state index is -1.41. The Kier molecular flexibility index (Phi) is 12.5. The number of nitrogens with one attached hydrogen (secondary N) is 3. The molecule has 8 N–H and O–H groups in total. The van der Waals surface area contributed by atoms with Crippen LogP contribution in [0.2, 0.25) is 0 Å². The molecule has 0 aliphatic carbocycles. The molecule has 1 aromatic rings. The molecular weight excluding hydrogens is 484 g/mol. The Labute approximate surface area is 216 Å². The summed E-state index contributed by atoms with van der Waals surface area (Å²) < 4.78 is 0. The Morgan fingerprint density at radius 2 is 1.43 bits per heavy atom. The Morgan fingerprint density at radius 1 is 0.865 bits per heavy atom. The third kappa shape index (κ3) is 10.9. The molecule has 0 aliphatic heterocycles. The molecule has 0 aliphatic rings. The third-order valence-corrected chi connectivity index (χ3v) is 5.86. The summed E-state index contributed by atoms with van der Waals surface area (Å²) in [4.78, 5) is 61.4. The summed E-state index contributed by atoms with van der Waals surface area (Å²) in [5.41, 5.74) is 6.21. The predicted octanol–water partition coefficient (Wildman–Crippen LogP) is 0.368. The molecule has 0 bridgehead atoms. The minimum absolute atomic E-state index is 0.000144. The number of phenols is 1. The highest BCUT2D eigenvalue weighted by Gasteiger charge is 2.33. The molecule has 12 heteroatoms. The summed E-state index contributed by atoms with van der Waals surface area (Å²) in [5.74, 6) is -5.14. The average molecular weight is 523 g/mol. The molecule has 1 aromatic carbocycles. The van der Waals surface area contributed by atoms with Crippen LogP contribution in [-0.4, -0.2) is 69.1 Å². The van der Waals surface area contributed by atoms with Crippen molar-refractivity contribution in [1.82, 2.24) is 16.0 Å². The number of aliphatic carboxylic acids is 2. The van der Waals surface area contributed by atoms with Crippen molar-refractivity contribution in [2.45, 2.75) is 77.5 Å². The number of aromatic hydroxyl groups is 1. The van der Waals surface area contributed by atoms with Gasteiger partial charge in [0.25, 0.3) is 0 Å². The number of carbonyl (C=O) groups excluding carboxylic acids is 3. The van der Waals surface area contributed by atoms with E-state index in [9.17, 15) is 34.2 Å². The van der Waals surface area contributed by atoms with Crippen molar-refractivity contribution in [1.29, 1.82) is 0 Å². The maximum absolute atomic E-state index is 13.3. The molecule has 0 fully saturated rings. The third-order valence-electron chi connectivity index (χ3n) is 5.86. The second-order valence-corrected chi connectivity index (χ2v) is 9.54.